The molecule has 1 aromatic heterocycles. The van der Waals surface area contributed by atoms with Crippen molar-refractivity contribution in [3.63, 3.8) is 0 Å². The van der Waals surface area contributed by atoms with Gasteiger partial charge in [0.05, 0.1) is 10.0 Å². The van der Waals surface area contributed by atoms with Gasteiger partial charge in [0.1, 0.15) is 6.54 Å². The van der Waals surface area contributed by atoms with Crippen LogP contribution in [0.5, 0.6) is 0 Å². The molecule has 6 nitrogen and oxygen atoms in total. The van der Waals surface area contributed by atoms with Crippen molar-refractivity contribution < 1.29 is 9.59 Å². The van der Waals surface area contributed by atoms with Gasteiger partial charge in [-0.25, -0.2) is 4.79 Å². The van der Waals surface area contributed by atoms with Crippen LogP contribution in [0.15, 0.2) is 66.9 Å². The molecule has 39 heavy (non-hydrogen) atoms. The van der Waals surface area contributed by atoms with Crippen LogP contribution in [0.4, 0.5) is 10.5 Å². The fourth-order valence-corrected chi connectivity index (χ4v) is 5.20. The van der Waals surface area contributed by atoms with E-state index in [2.05, 4.69) is 16.4 Å². The summed E-state index contributed by atoms with van der Waals surface area (Å²) in [4.78, 5) is 33.9. The Morgan fingerprint density at radius 2 is 1.79 bits per heavy atom. The number of benzene rings is 3. The van der Waals surface area contributed by atoms with E-state index in [-0.39, 0.29) is 24.5 Å². The Morgan fingerprint density at radius 3 is 2.54 bits per heavy atom. The molecule has 5 rings (SSSR count). The number of H-pyrrole nitrogens is 1. The van der Waals surface area contributed by atoms with Crippen LogP contribution in [-0.2, 0) is 17.8 Å². The minimum Gasteiger partial charge on any atom is -0.361 e. The number of amides is 3. The number of para-hydroxylation sites is 1. The predicted octanol–water partition coefficient (Wildman–Crippen LogP) is 7.36. The van der Waals surface area contributed by atoms with Gasteiger partial charge >= 0.3 is 6.03 Å². The second-order valence-electron chi connectivity index (χ2n) is 10.3. The molecular formula is C31H32Cl2N4O2. The maximum absolute atomic E-state index is 13.8. The highest BCUT2D eigenvalue weighted by Gasteiger charge is 2.35. The van der Waals surface area contributed by atoms with Gasteiger partial charge < -0.3 is 20.1 Å². The van der Waals surface area contributed by atoms with E-state index in [9.17, 15) is 9.59 Å². The Kier molecular flexibility index (Phi) is 8.15. The lowest BCUT2D eigenvalue weighted by molar-refractivity contribution is -0.132. The molecular weight excluding hydrogens is 531 g/mol. The number of aromatic nitrogens is 1. The normalized spacial score (nSPS) is 12.9. The van der Waals surface area contributed by atoms with Crippen molar-refractivity contribution in [1.82, 2.24) is 14.8 Å². The molecule has 1 aliphatic rings. The van der Waals surface area contributed by atoms with Crippen LogP contribution in [-0.4, -0.2) is 45.9 Å². The zero-order valence-electron chi connectivity index (χ0n) is 22.1. The summed E-state index contributed by atoms with van der Waals surface area (Å²) in [5.74, 6) is -0.108. The number of nitrogens with one attached hydrogen (secondary N) is 2. The summed E-state index contributed by atoms with van der Waals surface area (Å²) >= 11 is 12.4. The van der Waals surface area contributed by atoms with E-state index in [4.69, 9.17) is 23.2 Å². The second kappa shape index (κ2) is 11.7. The molecule has 0 unspecified atom stereocenters. The first-order chi connectivity index (χ1) is 18.8. The van der Waals surface area contributed by atoms with Crippen LogP contribution in [0.2, 0.25) is 10.0 Å². The Bertz CT molecular complexity index is 1510. The lowest BCUT2D eigenvalue weighted by Gasteiger charge is -2.28. The molecule has 3 amide bonds. The highest BCUT2D eigenvalue weighted by Crippen LogP contribution is 2.29. The molecule has 8 heteroatoms. The standard InChI is InChI=1S/C31H32Cl2N4O2/c1-20-7-12-28(21(2)15-20)35-31(39)37(24-9-10-24)19-30(38)36(18-22-8-11-26(32)27(33)16-22)14-13-23-17-34-29-6-4-3-5-25(23)29/h3-8,11-12,15-17,24,34H,9-10,13-14,18-19H2,1-2H3,(H,35,39). The van der Waals surface area contributed by atoms with Crippen molar-refractivity contribution in [1.29, 1.82) is 0 Å². The molecule has 0 atom stereocenters. The average molecular weight is 564 g/mol. The number of urea groups is 1. The van der Waals surface area contributed by atoms with Gasteiger partial charge in [0.25, 0.3) is 0 Å². The van der Waals surface area contributed by atoms with E-state index in [1.165, 1.54) is 0 Å². The Morgan fingerprint density at radius 1 is 1.00 bits per heavy atom. The molecule has 2 N–H and O–H groups in total. The van der Waals surface area contributed by atoms with Gasteiger partial charge in [-0.1, -0.05) is 65.2 Å². The van der Waals surface area contributed by atoms with Crippen molar-refractivity contribution >= 4 is 51.7 Å². The first-order valence-electron chi connectivity index (χ1n) is 13.2. The minimum atomic E-state index is -0.246. The van der Waals surface area contributed by atoms with Gasteiger partial charge in [0, 0.05) is 41.9 Å². The fraction of sp³-hybridized carbons (Fsp3) is 0.290. The molecule has 0 aliphatic heterocycles. The number of halogens is 2. The van der Waals surface area contributed by atoms with Gasteiger partial charge in [-0.2, -0.15) is 0 Å². The Hall–Kier alpha value is -3.48. The number of aromatic amines is 1. The molecule has 1 aliphatic carbocycles. The van der Waals surface area contributed by atoms with Crippen LogP contribution in [0.25, 0.3) is 10.9 Å². The number of carbonyl (C=O) groups is 2. The molecule has 0 spiro atoms. The van der Waals surface area contributed by atoms with Crippen molar-refractivity contribution in [2.45, 2.75) is 45.7 Å². The summed E-state index contributed by atoms with van der Waals surface area (Å²) < 4.78 is 0. The zero-order valence-corrected chi connectivity index (χ0v) is 23.6. The molecule has 202 valence electrons. The molecule has 3 aromatic carbocycles. The first-order valence-corrected chi connectivity index (χ1v) is 14.0. The first kappa shape index (κ1) is 27.1. The number of fused-ring (bicyclic) bond motifs is 1. The zero-order chi connectivity index (χ0) is 27.5. The molecule has 1 saturated carbocycles. The van der Waals surface area contributed by atoms with Gasteiger partial charge in [-0.3, -0.25) is 4.79 Å². The maximum Gasteiger partial charge on any atom is 0.322 e. The molecule has 0 radical (unpaired) electrons. The Labute approximate surface area is 238 Å². The van der Waals surface area contributed by atoms with Crippen LogP contribution in [0.3, 0.4) is 0 Å². The van der Waals surface area contributed by atoms with E-state index >= 15 is 0 Å². The largest absolute Gasteiger partial charge is 0.361 e. The highest BCUT2D eigenvalue weighted by molar-refractivity contribution is 6.42. The van der Waals surface area contributed by atoms with E-state index in [0.717, 1.165) is 51.7 Å². The third-order valence-electron chi connectivity index (χ3n) is 7.21. The van der Waals surface area contributed by atoms with Crippen molar-refractivity contribution in [2.75, 3.05) is 18.4 Å². The Balaban J connectivity index is 1.34. The number of hydrogen-bond acceptors (Lipinski definition) is 2. The van der Waals surface area contributed by atoms with Crippen LogP contribution >= 0.6 is 23.2 Å². The van der Waals surface area contributed by atoms with E-state index in [1.807, 2.05) is 62.5 Å². The summed E-state index contributed by atoms with van der Waals surface area (Å²) in [6.45, 7) is 4.87. The molecule has 1 heterocycles. The van der Waals surface area contributed by atoms with Crippen LogP contribution in [0.1, 0.15) is 35.1 Å². The monoisotopic (exact) mass is 562 g/mol. The van der Waals surface area contributed by atoms with Gasteiger partial charge in [0.15, 0.2) is 0 Å². The summed E-state index contributed by atoms with van der Waals surface area (Å²) in [6, 6.07) is 19.3. The topological polar surface area (TPSA) is 68.4 Å². The minimum absolute atomic E-state index is 0.0105. The van der Waals surface area contributed by atoms with Crippen LogP contribution < -0.4 is 5.32 Å². The molecule has 1 fully saturated rings. The third-order valence-corrected chi connectivity index (χ3v) is 7.95. The average Bonchev–Trinajstić information content (AvgIpc) is 3.68. The van der Waals surface area contributed by atoms with E-state index < -0.39 is 0 Å². The van der Waals surface area contributed by atoms with Crippen molar-refractivity contribution in [3.8, 4) is 0 Å². The van der Waals surface area contributed by atoms with E-state index in [0.29, 0.717) is 29.6 Å². The smallest absolute Gasteiger partial charge is 0.322 e. The second-order valence-corrected chi connectivity index (χ2v) is 11.1. The number of carbonyl (C=O) groups excluding carboxylic acids is 2. The maximum atomic E-state index is 13.8. The highest BCUT2D eigenvalue weighted by atomic mass is 35.5. The fourth-order valence-electron chi connectivity index (χ4n) is 4.88. The number of nitrogens with zero attached hydrogens (tertiary/aromatic N) is 2. The van der Waals surface area contributed by atoms with Gasteiger partial charge in [-0.15, -0.1) is 0 Å². The quantitative estimate of drug-likeness (QED) is 0.224. The van der Waals surface area contributed by atoms with Gasteiger partial charge in [-0.05, 0) is 74.1 Å². The number of hydrogen-bond donors (Lipinski definition) is 2. The summed E-state index contributed by atoms with van der Waals surface area (Å²) in [5.41, 5.74) is 5.98. The number of rotatable bonds is 9. The summed E-state index contributed by atoms with van der Waals surface area (Å²) in [6.07, 6.45) is 4.47. The molecule has 0 bridgehead atoms. The SMILES string of the molecule is Cc1ccc(NC(=O)N(CC(=O)N(CCc2c[nH]c3ccccc23)Cc2ccc(Cl)c(Cl)c2)C2CC2)c(C)c1. The number of aryl methyl sites for hydroxylation is 2. The summed E-state index contributed by atoms with van der Waals surface area (Å²) in [7, 11) is 0. The predicted molar refractivity (Wildman–Crippen MR) is 159 cm³/mol. The molecule has 0 saturated heterocycles. The van der Waals surface area contributed by atoms with Crippen molar-refractivity contribution in [3.05, 3.63) is 99.2 Å². The lowest BCUT2D eigenvalue weighted by Crippen LogP contribution is -2.46. The lowest BCUT2D eigenvalue weighted by atomic mass is 10.1. The molecule has 4 aromatic rings. The van der Waals surface area contributed by atoms with Gasteiger partial charge in [0.2, 0.25) is 5.91 Å². The summed E-state index contributed by atoms with van der Waals surface area (Å²) in [5, 5.41) is 5.09. The number of anilines is 1. The van der Waals surface area contributed by atoms with Crippen LogP contribution in [0, 0.1) is 13.8 Å². The van der Waals surface area contributed by atoms with E-state index in [1.54, 1.807) is 21.9 Å². The van der Waals surface area contributed by atoms with Crippen molar-refractivity contribution in [2.24, 2.45) is 0 Å². The third kappa shape index (κ3) is 6.57.